The van der Waals surface area contributed by atoms with Gasteiger partial charge in [0.25, 0.3) is 20.0 Å². The Hall–Kier alpha value is -2.63. The summed E-state index contributed by atoms with van der Waals surface area (Å²) in [6.07, 6.45) is 0. The summed E-state index contributed by atoms with van der Waals surface area (Å²) < 4.78 is 69.3. The second kappa shape index (κ2) is 9.55. The summed E-state index contributed by atoms with van der Waals surface area (Å²) in [4.78, 5) is -0.0727. The predicted octanol–water partition coefficient (Wildman–Crippen LogP) is 6.46. The fraction of sp³-hybridized carbons (Fsp3) is 0. The molecular weight excluding hydrogens is 542 g/mol. The maximum atomic E-state index is 13.2. The first-order valence-corrected chi connectivity index (χ1v) is 14.1. The van der Waals surface area contributed by atoms with Crippen molar-refractivity contribution in [3.8, 4) is 11.1 Å². The molecule has 0 aliphatic carbocycles. The first kappa shape index (κ1) is 24.5. The van der Waals surface area contributed by atoms with Crippen LogP contribution in [0.25, 0.3) is 11.1 Å². The van der Waals surface area contributed by atoms with Crippen molar-refractivity contribution in [3.63, 3.8) is 0 Å². The third-order valence-corrected chi connectivity index (χ3v) is 9.52. The third kappa shape index (κ3) is 5.37. The van der Waals surface area contributed by atoms with Crippen molar-refractivity contribution in [1.29, 1.82) is 0 Å². The van der Waals surface area contributed by atoms with E-state index in [2.05, 4.69) is 9.44 Å². The van der Waals surface area contributed by atoms with Crippen LogP contribution in [0.3, 0.4) is 0 Å². The van der Waals surface area contributed by atoms with Crippen molar-refractivity contribution in [1.82, 2.24) is 0 Å². The lowest BCUT2D eigenvalue weighted by molar-refractivity contribution is 0.599. The van der Waals surface area contributed by atoms with Crippen LogP contribution in [0.15, 0.2) is 87.3 Å². The molecule has 176 valence electrons. The molecule has 0 aliphatic heterocycles. The minimum absolute atomic E-state index is 0.0325. The Morgan fingerprint density at radius 3 is 1.71 bits per heavy atom. The lowest BCUT2D eigenvalue weighted by Crippen LogP contribution is -2.17. The average molecular weight is 557 g/mol. The van der Waals surface area contributed by atoms with Crippen LogP contribution >= 0.6 is 34.5 Å². The van der Waals surface area contributed by atoms with Crippen LogP contribution in [0.4, 0.5) is 15.8 Å². The van der Waals surface area contributed by atoms with Gasteiger partial charge in [0.2, 0.25) is 0 Å². The molecule has 0 saturated carbocycles. The van der Waals surface area contributed by atoms with Gasteiger partial charge >= 0.3 is 0 Å². The van der Waals surface area contributed by atoms with E-state index in [-0.39, 0.29) is 36.3 Å². The lowest BCUT2D eigenvalue weighted by atomic mass is 10.1. The molecule has 1 heterocycles. The second-order valence-corrected chi connectivity index (χ2v) is 12.3. The molecule has 0 bridgehead atoms. The summed E-state index contributed by atoms with van der Waals surface area (Å²) in [7, 11) is -8.10. The van der Waals surface area contributed by atoms with E-state index in [0.717, 1.165) is 11.3 Å². The van der Waals surface area contributed by atoms with E-state index in [0.29, 0.717) is 11.1 Å². The number of hydrogen-bond acceptors (Lipinski definition) is 5. The zero-order valence-corrected chi connectivity index (χ0v) is 21.0. The Morgan fingerprint density at radius 2 is 1.21 bits per heavy atom. The molecule has 4 aromatic rings. The van der Waals surface area contributed by atoms with Gasteiger partial charge in [-0.15, -0.1) is 11.3 Å². The highest BCUT2D eigenvalue weighted by atomic mass is 35.5. The summed E-state index contributed by atoms with van der Waals surface area (Å²) in [5.74, 6) is -0.376. The zero-order valence-electron chi connectivity index (χ0n) is 17.0. The monoisotopic (exact) mass is 556 g/mol. The molecular formula is C22H15Cl2FN2O4S3. The molecule has 0 fully saturated rings. The van der Waals surface area contributed by atoms with Gasteiger partial charge in [0.1, 0.15) is 10.0 Å². The maximum Gasteiger partial charge on any atom is 0.271 e. The minimum atomic E-state index is -4.12. The van der Waals surface area contributed by atoms with Crippen LogP contribution in [-0.4, -0.2) is 16.8 Å². The molecule has 6 nitrogen and oxygen atoms in total. The van der Waals surface area contributed by atoms with Crippen molar-refractivity contribution in [2.24, 2.45) is 0 Å². The molecule has 0 unspecified atom stereocenters. The molecule has 3 aromatic carbocycles. The van der Waals surface area contributed by atoms with Gasteiger partial charge in [-0.3, -0.25) is 9.44 Å². The van der Waals surface area contributed by atoms with Gasteiger partial charge in [-0.1, -0.05) is 53.5 Å². The number of anilines is 2. The third-order valence-electron chi connectivity index (χ3n) is 4.65. The Labute approximate surface area is 210 Å². The number of thiophene rings is 1. The van der Waals surface area contributed by atoms with E-state index in [1.165, 1.54) is 42.5 Å². The van der Waals surface area contributed by atoms with Crippen LogP contribution in [0.5, 0.6) is 0 Å². The van der Waals surface area contributed by atoms with Crippen molar-refractivity contribution in [2.45, 2.75) is 9.10 Å². The van der Waals surface area contributed by atoms with Crippen molar-refractivity contribution >= 4 is 66.0 Å². The number of hydrogen-bond donors (Lipinski definition) is 2. The minimum Gasteiger partial charge on any atom is -0.277 e. The number of sulfonamides is 2. The summed E-state index contributed by atoms with van der Waals surface area (Å²) >= 11 is 13.1. The first-order chi connectivity index (χ1) is 16.0. The normalized spacial score (nSPS) is 11.9. The van der Waals surface area contributed by atoms with Crippen molar-refractivity contribution < 1.29 is 21.2 Å². The predicted molar refractivity (Wildman–Crippen MR) is 134 cm³/mol. The summed E-state index contributed by atoms with van der Waals surface area (Å²) in [5.41, 5.74) is 1.22. The highest BCUT2D eigenvalue weighted by molar-refractivity contribution is 7.94. The van der Waals surface area contributed by atoms with Gasteiger partial charge in [0.15, 0.2) is 0 Å². The average Bonchev–Trinajstić information content (AvgIpc) is 3.34. The Morgan fingerprint density at radius 1 is 0.706 bits per heavy atom. The van der Waals surface area contributed by atoms with Gasteiger partial charge < -0.3 is 0 Å². The molecule has 1 aromatic heterocycles. The molecule has 4 rings (SSSR count). The van der Waals surface area contributed by atoms with Gasteiger partial charge in [-0.05, 0) is 59.0 Å². The quantitative estimate of drug-likeness (QED) is 0.273. The van der Waals surface area contributed by atoms with E-state index in [1.807, 2.05) is 0 Å². The Balaban J connectivity index is 1.65. The SMILES string of the molecule is O=S(=O)(Nc1cc(Cl)c(Cl)cc1NS(=O)(=O)c1cccs1)c1ccc(-c2ccc(F)cc2)cc1. The summed E-state index contributed by atoms with van der Waals surface area (Å²) in [5, 5.41) is 1.67. The molecule has 0 saturated heterocycles. The summed E-state index contributed by atoms with van der Waals surface area (Å²) in [6.45, 7) is 0. The van der Waals surface area contributed by atoms with E-state index in [1.54, 1.807) is 35.7 Å². The fourth-order valence-electron chi connectivity index (χ4n) is 3.00. The van der Waals surface area contributed by atoms with E-state index in [9.17, 15) is 21.2 Å². The highest BCUT2D eigenvalue weighted by Crippen LogP contribution is 2.35. The van der Waals surface area contributed by atoms with E-state index in [4.69, 9.17) is 23.2 Å². The van der Waals surface area contributed by atoms with Crippen LogP contribution in [0, 0.1) is 5.82 Å². The first-order valence-electron chi connectivity index (χ1n) is 9.49. The molecule has 34 heavy (non-hydrogen) atoms. The molecule has 0 amide bonds. The van der Waals surface area contributed by atoms with Crippen molar-refractivity contribution in [2.75, 3.05) is 9.44 Å². The molecule has 0 aliphatic rings. The maximum absolute atomic E-state index is 13.2. The standard InChI is InChI=1S/C22H15Cl2FN2O4S3/c23-18-12-20(21(13-19(18)24)27-34(30,31)22-2-1-11-32-22)26-33(28,29)17-9-5-15(6-10-17)14-3-7-16(25)8-4-14/h1-13,26-27H. The number of halogens is 3. The molecule has 0 atom stereocenters. The Bertz CT molecular complexity index is 1540. The smallest absolute Gasteiger partial charge is 0.271 e. The molecule has 0 spiro atoms. The highest BCUT2D eigenvalue weighted by Gasteiger charge is 2.22. The molecule has 0 radical (unpaired) electrons. The second-order valence-electron chi connectivity index (χ2n) is 6.99. The van der Waals surface area contributed by atoms with Crippen molar-refractivity contribution in [3.05, 3.63) is 94.0 Å². The molecule has 2 N–H and O–H groups in total. The summed E-state index contributed by atoms with van der Waals surface area (Å²) in [6, 6.07) is 17.2. The Kier molecular flexibility index (Phi) is 6.88. The topological polar surface area (TPSA) is 92.3 Å². The van der Waals surface area contributed by atoms with Gasteiger partial charge in [0.05, 0.1) is 26.3 Å². The largest absolute Gasteiger partial charge is 0.277 e. The van der Waals surface area contributed by atoms with Crippen LogP contribution in [0.1, 0.15) is 0 Å². The number of rotatable bonds is 7. The van der Waals surface area contributed by atoms with Crippen LogP contribution < -0.4 is 9.44 Å². The van der Waals surface area contributed by atoms with Crippen LogP contribution in [0.2, 0.25) is 10.0 Å². The fourth-order valence-corrected chi connectivity index (χ4v) is 6.46. The number of nitrogens with one attached hydrogen (secondary N) is 2. The van der Waals surface area contributed by atoms with Crippen LogP contribution in [-0.2, 0) is 20.0 Å². The van der Waals surface area contributed by atoms with E-state index >= 15 is 0 Å². The molecule has 12 heteroatoms. The van der Waals surface area contributed by atoms with E-state index < -0.39 is 20.0 Å². The lowest BCUT2D eigenvalue weighted by Gasteiger charge is -2.15. The van der Waals surface area contributed by atoms with Gasteiger partial charge in [0, 0.05) is 0 Å². The van der Waals surface area contributed by atoms with Gasteiger partial charge in [-0.25, -0.2) is 21.2 Å². The van der Waals surface area contributed by atoms with Gasteiger partial charge in [-0.2, -0.15) is 0 Å². The number of benzene rings is 3. The zero-order chi connectivity index (χ0) is 24.5.